The maximum absolute atomic E-state index is 14.2. The average Bonchev–Trinajstić information content (AvgIpc) is 2.90. The summed E-state index contributed by atoms with van der Waals surface area (Å²) in [5, 5.41) is 10.5. The number of halogens is 1. The van der Waals surface area contributed by atoms with Gasteiger partial charge in [0.25, 0.3) is 0 Å². The minimum absolute atomic E-state index is 0.00404. The molecule has 0 aliphatic heterocycles. The van der Waals surface area contributed by atoms with Crippen LogP contribution in [0.3, 0.4) is 0 Å². The van der Waals surface area contributed by atoms with E-state index in [2.05, 4.69) is 0 Å². The van der Waals surface area contributed by atoms with Crippen molar-refractivity contribution in [1.82, 2.24) is 4.57 Å². The molecule has 1 saturated carbocycles. The summed E-state index contributed by atoms with van der Waals surface area (Å²) in [5.41, 5.74) is 3.88. The van der Waals surface area contributed by atoms with Crippen molar-refractivity contribution in [3.8, 4) is 5.75 Å². The van der Waals surface area contributed by atoms with Gasteiger partial charge in [-0.05, 0) is 44.7 Å². The molecule has 2 aromatic carbocycles. The molecule has 0 radical (unpaired) electrons. The number of aryl methyl sites for hydroxylation is 1. The summed E-state index contributed by atoms with van der Waals surface area (Å²) >= 11 is 5.71. The van der Waals surface area contributed by atoms with E-state index in [4.69, 9.17) is 17.0 Å². The van der Waals surface area contributed by atoms with Crippen molar-refractivity contribution < 1.29 is 19.0 Å². The molecule has 150 valence electrons. The number of hydrogen-bond donors (Lipinski definition) is 1. The molecule has 0 amide bonds. The third-order valence-corrected chi connectivity index (χ3v) is 5.99. The molecule has 3 aromatic rings. The minimum Gasteiger partial charge on any atom is -0.505 e. The van der Waals surface area contributed by atoms with Crippen LogP contribution in [0.15, 0.2) is 36.4 Å². The van der Waals surface area contributed by atoms with E-state index in [1.54, 1.807) is 4.57 Å². The van der Waals surface area contributed by atoms with Gasteiger partial charge in [-0.2, -0.15) is 0 Å². The maximum atomic E-state index is 14.2. The SMILES string of the molecule is Cc1ccc(C(=S)n2c(C)c(CC(=O)OC3CCC3)c3cc(O)c(F)cc32)cc1. The number of hydrogen-bond acceptors (Lipinski definition) is 4. The van der Waals surface area contributed by atoms with Crippen LogP contribution in [-0.2, 0) is 16.0 Å². The third-order valence-electron chi connectivity index (χ3n) is 5.58. The molecule has 1 aliphatic carbocycles. The zero-order chi connectivity index (χ0) is 20.7. The van der Waals surface area contributed by atoms with Gasteiger partial charge in [0, 0.05) is 22.7 Å². The molecule has 29 heavy (non-hydrogen) atoms. The molecule has 1 N–H and O–H groups in total. The molecule has 6 heteroatoms. The van der Waals surface area contributed by atoms with Gasteiger partial charge >= 0.3 is 5.97 Å². The Hall–Kier alpha value is -2.73. The summed E-state index contributed by atoms with van der Waals surface area (Å²) in [6.07, 6.45) is 2.92. The van der Waals surface area contributed by atoms with Crippen molar-refractivity contribution in [2.75, 3.05) is 0 Å². The topological polar surface area (TPSA) is 51.5 Å². The van der Waals surface area contributed by atoms with Gasteiger partial charge in [-0.25, -0.2) is 4.39 Å². The summed E-state index contributed by atoms with van der Waals surface area (Å²) in [6, 6.07) is 10.4. The Bertz CT molecular complexity index is 1110. The number of aromatic nitrogens is 1. The van der Waals surface area contributed by atoms with Crippen LogP contribution in [0, 0.1) is 19.7 Å². The number of carbonyl (C=O) groups excluding carboxylic acids is 1. The number of ether oxygens (including phenoxy) is 1. The van der Waals surface area contributed by atoms with E-state index in [1.807, 2.05) is 38.1 Å². The van der Waals surface area contributed by atoms with Crippen molar-refractivity contribution in [2.45, 2.75) is 45.6 Å². The van der Waals surface area contributed by atoms with Gasteiger partial charge in [0.15, 0.2) is 11.6 Å². The molecule has 0 saturated heterocycles. The number of benzene rings is 2. The molecular formula is C23H22FNO3S. The number of esters is 1. The van der Waals surface area contributed by atoms with Crippen molar-refractivity contribution >= 4 is 34.1 Å². The van der Waals surface area contributed by atoms with E-state index in [0.29, 0.717) is 21.5 Å². The highest BCUT2D eigenvalue weighted by Crippen LogP contribution is 2.33. The van der Waals surface area contributed by atoms with Gasteiger partial charge in [-0.1, -0.05) is 42.0 Å². The summed E-state index contributed by atoms with van der Waals surface area (Å²) in [5.74, 6) is -1.50. The van der Waals surface area contributed by atoms with Gasteiger partial charge in [0.1, 0.15) is 11.1 Å². The van der Waals surface area contributed by atoms with E-state index in [9.17, 15) is 14.3 Å². The molecule has 1 heterocycles. The largest absolute Gasteiger partial charge is 0.505 e. The van der Waals surface area contributed by atoms with Gasteiger partial charge in [0.2, 0.25) is 0 Å². The fourth-order valence-electron chi connectivity index (χ4n) is 3.66. The van der Waals surface area contributed by atoms with E-state index in [-0.39, 0.29) is 18.5 Å². The molecule has 0 unspecified atom stereocenters. The first-order chi connectivity index (χ1) is 13.8. The summed E-state index contributed by atoms with van der Waals surface area (Å²) in [7, 11) is 0. The number of carbonyl (C=O) groups is 1. The zero-order valence-corrected chi connectivity index (χ0v) is 17.2. The molecule has 4 rings (SSSR count). The number of thiocarbonyl (C=S) groups is 1. The second-order valence-electron chi connectivity index (χ2n) is 7.61. The zero-order valence-electron chi connectivity index (χ0n) is 16.4. The Kier molecular flexibility index (Phi) is 5.13. The van der Waals surface area contributed by atoms with E-state index in [0.717, 1.165) is 36.1 Å². The van der Waals surface area contributed by atoms with E-state index >= 15 is 0 Å². The van der Waals surface area contributed by atoms with Crippen molar-refractivity contribution in [1.29, 1.82) is 0 Å². The van der Waals surface area contributed by atoms with E-state index < -0.39 is 11.6 Å². The first-order valence-electron chi connectivity index (χ1n) is 9.68. The van der Waals surface area contributed by atoms with Crippen LogP contribution in [0.4, 0.5) is 4.39 Å². The third kappa shape index (κ3) is 3.65. The molecular weight excluding hydrogens is 389 g/mol. The fraction of sp³-hybridized carbons (Fsp3) is 0.304. The Balaban J connectivity index is 1.80. The lowest BCUT2D eigenvalue weighted by Gasteiger charge is -2.25. The number of nitrogens with zero attached hydrogens (tertiary/aromatic N) is 1. The molecule has 0 bridgehead atoms. The van der Waals surface area contributed by atoms with Crippen LogP contribution in [-0.4, -0.2) is 26.7 Å². The van der Waals surface area contributed by atoms with E-state index in [1.165, 1.54) is 12.1 Å². The molecule has 1 aromatic heterocycles. The highest BCUT2D eigenvalue weighted by Gasteiger charge is 2.25. The predicted octanol–water partition coefficient (Wildman–Crippen LogP) is 4.96. The van der Waals surface area contributed by atoms with Crippen LogP contribution < -0.4 is 0 Å². The first-order valence-corrected chi connectivity index (χ1v) is 10.1. The van der Waals surface area contributed by atoms with Gasteiger partial charge in [-0.15, -0.1) is 0 Å². The highest BCUT2D eigenvalue weighted by atomic mass is 32.1. The average molecular weight is 411 g/mol. The lowest BCUT2D eigenvalue weighted by atomic mass is 9.96. The van der Waals surface area contributed by atoms with Crippen LogP contribution in [0.5, 0.6) is 5.75 Å². The highest BCUT2D eigenvalue weighted by molar-refractivity contribution is 7.80. The van der Waals surface area contributed by atoms with Gasteiger partial charge in [-0.3, -0.25) is 4.79 Å². The Morgan fingerprint density at radius 2 is 1.93 bits per heavy atom. The van der Waals surface area contributed by atoms with Crippen molar-refractivity contribution in [3.05, 3.63) is 64.6 Å². The molecule has 0 atom stereocenters. The molecule has 1 aliphatic rings. The summed E-state index contributed by atoms with van der Waals surface area (Å²) < 4.78 is 21.4. The van der Waals surface area contributed by atoms with Gasteiger partial charge < -0.3 is 14.4 Å². The lowest BCUT2D eigenvalue weighted by molar-refractivity contribution is -0.152. The fourth-order valence-corrected chi connectivity index (χ4v) is 4.03. The minimum atomic E-state index is -0.730. The first kappa shape index (κ1) is 19.6. The smallest absolute Gasteiger partial charge is 0.310 e. The number of phenols is 1. The second-order valence-corrected chi connectivity index (χ2v) is 8.00. The van der Waals surface area contributed by atoms with Crippen molar-refractivity contribution in [2.24, 2.45) is 0 Å². The predicted molar refractivity (Wildman–Crippen MR) is 114 cm³/mol. The molecule has 4 nitrogen and oxygen atoms in total. The van der Waals surface area contributed by atoms with Gasteiger partial charge in [0.05, 0.1) is 11.9 Å². The van der Waals surface area contributed by atoms with Crippen LogP contribution in [0.1, 0.15) is 41.6 Å². The standard InChI is InChI=1S/C23H22FNO3S/c1-13-6-8-15(9-7-13)23(29)25-14(2)17(11-22(27)28-16-4-3-5-16)18-10-21(26)19(24)12-20(18)25/h6-10,12,16,26H,3-5,11H2,1-2H3. The summed E-state index contributed by atoms with van der Waals surface area (Å²) in [4.78, 5) is 13.0. The maximum Gasteiger partial charge on any atom is 0.310 e. The van der Waals surface area contributed by atoms with Crippen LogP contribution >= 0.6 is 12.2 Å². The monoisotopic (exact) mass is 411 g/mol. The molecule has 0 spiro atoms. The second kappa shape index (κ2) is 7.59. The molecule has 1 fully saturated rings. The van der Waals surface area contributed by atoms with Crippen molar-refractivity contribution in [3.63, 3.8) is 0 Å². The Labute approximate surface area is 173 Å². The normalized spacial score (nSPS) is 14.0. The van der Waals surface area contributed by atoms with Crippen LogP contribution in [0.25, 0.3) is 10.9 Å². The Morgan fingerprint density at radius 3 is 2.55 bits per heavy atom. The Morgan fingerprint density at radius 1 is 1.24 bits per heavy atom. The quantitative estimate of drug-likeness (QED) is 0.487. The number of phenolic OH excluding ortho intramolecular Hbond substituents is 1. The number of aromatic hydroxyl groups is 1. The lowest BCUT2D eigenvalue weighted by Crippen LogP contribution is -2.26. The number of rotatable bonds is 4. The number of fused-ring (bicyclic) bond motifs is 1. The summed E-state index contributed by atoms with van der Waals surface area (Å²) in [6.45, 7) is 3.84. The van der Waals surface area contributed by atoms with Crippen LogP contribution in [0.2, 0.25) is 0 Å².